The number of anilines is 1. The van der Waals surface area contributed by atoms with Crippen molar-refractivity contribution in [1.29, 1.82) is 0 Å². The largest absolute Gasteiger partial charge is 0.501 e. The fourth-order valence-corrected chi connectivity index (χ4v) is 4.15. The maximum atomic E-state index is 13.3. The van der Waals surface area contributed by atoms with Crippen molar-refractivity contribution in [2.45, 2.75) is 16.4 Å². The second-order valence-electron chi connectivity index (χ2n) is 6.54. The molecule has 1 heterocycles. The van der Waals surface area contributed by atoms with Crippen molar-refractivity contribution >= 4 is 15.5 Å². The molecule has 2 aromatic rings. The number of sulfone groups is 1. The van der Waals surface area contributed by atoms with Crippen molar-refractivity contribution in [2.75, 3.05) is 38.2 Å². The monoisotopic (exact) mass is 432 g/mol. The van der Waals surface area contributed by atoms with Crippen molar-refractivity contribution < 1.29 is 30.7 Å². The third-order valence-electron chi connectivity index (χ3n) is 4.71. The summed E-state index contributed by atoms with van der Waals surface area (Å²) in [6.45, 7) is 2.31. The van der Waals surface area contributed by atoms with Gasteiger partial charge in [0, 0.05) is 19.6 Å². The maximum Gasteiger partial charge on any atom is 0.501 e. The van der Waals surface area contributed by atoms with Crippen LogP contribution in [0.4, 0.5) is 23.2 Å². The summed E-state index contributed by atoms with van der Waals surface area (Å²) >= 11 is 0. The van der Waals surface area contributed by atoms with Crippen LogP contribution in [0.5, 0.6) is 0 Å². The summed E-state index contributed by atoms with van der Waals surface area (Å²) in [6.07, 6.45) is 0. The predicted molar refractivity (Wildman–Crippen MR) is 99.7 cm³/mol. The smallest absolute Gasteiger partial charge is 0.382 e. The Balaban J connectivity index is 1.88. The second kappa shape index (κ2) is 8.68. The molecule has 0 aliphatic carbocycles. The van der Waals surface area contributed by atoms with Crippen molar-refractivity contribution in [3.63, 3.8) is 0 Å². The third-order valence-corrected chi connectivity index (χ3v) is 6.25. The van der Waals surface area contributed by atoms with Gasteiger partial charge in [-0.25, -0.2) is 12.8 Å². The van der Waals surface area contributed by atoms with Crippen LogP contribution in [0.3, 0.4) is 0 Å². The highest BCUT2D eigenvalue weighted by Gasteiger charge is 2.48. The average molecular weight is 432 g/mol. The van der Waals surface area contributed by atoms with Crippen LogP contribution in [0.2, 0.25) is 0 Å². The first kappa shape index (κ1) is 21.5. The van der Waals surface area contributed by atoms with Gasteiger partial charge in [0.25, 0.3) is 9.84 Å². The number of benzene rings is 2. The highest BCUT2D eigenvalue weighted by Crippen LogP contribution is 2.34. The average Bonchev–Trinajstić information content (AvgIpc) is 2.69. The summed E-state index contributed by atoms with van der Waals surface area (Å²) in [7, 11) is -5.50. The third kappa shape index (κ3) is 4.88. The predicted octanol–water partition coefficient (Wildman–Crippen LogP) is 3.60. The summed E-state index contributed by atoms with van der Waals surface area (Å²) in [5.74, 6) is -0.399. The fourth-order valence-electron chi connectivity index (χ4n) is 3.21. The van der Waals surface area contributed by atoms with E-state index in [4.69, 9.17) is 4.74 Å². The molecular formula is C19H20F4N2O3S. The van der Waals surface area contributed by atoms with Gasteiger partial charge in [-0.05, 0) is 29.8 Å². The number of para-hydroxylation sites is 1. The van der Waals surface area contributed by atoms with Gasteiger partial charge in [0.15, 0.2) is 0 Å². The molecule has 10 heteroatoms. The molecule has 1 saturated heterocycles. The van der Waals surface area contributed by atoms with Crippen LogP contribution < -0.4 is 5.32 Å². The summed E-state index contributed by atoms with van der Waals surface area (Å²) in [6, 6.07) is 10.4. The van der Waals surface area contributed by atoms with Gasteiger partial charge in [0.05, 0.1) is 29.8 Å². The molecule has 1 aliphatic rings. The van der Waals surface area contributed by atoms with Crippen LogP contribution in [0.15, 0.2) is 53.4 Å². The maximum absolute atomic E-state index is 13.3. The standard InChI is InChI=1S/C19H20F4N2O3S/c20-15-7-5-14(6-8-15)17(25-9-11-28-12-10-25)13-24-16-3-1-2-4-18(16)29(26,27)19(21,22)23/h1-8,17,24H,9-13H2. The van der Waals surface area contributed by atoms with Gasteiger partial charge in [-0.3, -0.25) is 4.90 Å². The second-order valence-corrected chi connectivity index (χ2v) is 8.45. The van der Waals surface area contributed by atoms with Gasteiger partial charge in [-0.2, -0.15) is 13.2 Å². The van der Waals surface area contributed by atoms with E-state index < -0.39 is 26.1 Å². The van der Waals surface area contributed by atoms with Gasteiger partial charge < -0.3 is 10.1 Å². The quantitative estimate of drug-likeness (QED) is 0.707. The summed E-state index contributed by atoms with van der Waals surface area (Å²) in [5, 5.41) is 2.85. The Morgan fingerprint density at radius 1 is 1.03 bits per heavy atom. The molecule has 1 unspecified atom stereocenters. The highest BCUT2D eigenvalue weighted by atomic mass is 32.2. The molecule has 0 aromatic heterocycles. The molecule has 29 heavy (non-hydrogen) atoms. The van der Waals surface area contributed by atoms with Crippen LogP contribution >= 0.6 is 0 Å². The zero-order valence-corrected chi connectivity index (χ0v) is 16.1. The molecule has 0 radical (unpaired) electrons. The Kier molecular flexibility index (Phi) is 6.45. The molecule has 0 saturated carbocycles. The molecule has 0 spiro atoms. The molecule has 1 N–H and O–H groups in total. The van der Waals surface area contributed by atoms with Crippen LogP contribution in [0.25, 0.3) is 0 Å². The lowest BCUT2D eigenvalue weighted by Gasteiger charge is -2.35. The minimum Gasteiger partial charge on any atom is -0.382 e. The van der Waals surface area contributed by atoms with E-state index in [1.54, 1.807) is 12.1 Å². The number of halogens is 4. The fraction of sp³-hybridized carbons (Fsp3) is 0.368. The van der Waals surface area contributed by atoms with Gasteiger partial charge in [0.1, 0.15) is 5.82 Å². The first-order chi connectivity index (χ1) is 13.7. The van der Waals surface area contributed by atoms with Gasteiger partial charge in [-0.15, -0.1) is 0 Å². The topological polar surface area (TPSA) is 58.6 Å². The highest BCUT2D eigenvalue weighted by molar-refractivity contribution is 7.92. The number of hydrogen-bond acceptors (Lipinski definition) is 5. The van der Waals surface area contributed by atoms with E-state index in [2.05, 4.69) is 10.2 Å². The van der Waals surface area contributed by atoms with Crippen LogP contribution in [-0.2, 0) is 14.6 Å². The first-order valence-corrected chi connectivity index (χ1v) is 10.4. The number of morpholine rings is 1. The normalized spacial score (nSPS) is 17.1. The lowest BCUT2D eigenvalue weighted by Crippen LogP contribution is -2.41. The molecule has 3 rings (SSSR count). The molecule has 0 bridgehead atoms. The molecule has 0 amide bonds. The van der Waals surface area contributed by atoms with E-state index in [9.17, 15) is 26.0 Å². The number of nitrogens with one attached hydrogen (secondary N) is 1. The van der Waals surface area contributed by atoms with E-state index in [0.717, 1.165) is 11.6 Å². The number of hydrogen-bond donors (Lipinski definition) is 1. The Morgan fingerprint density at radius 3 is 2.28 bits per heavy atom. The van der Waals surface area contributed by atoms with Crippen molar-refractivity contribution in [1.82, 2.24) is 4.90 Å². The summed E-state index contributed by atoms with van der Waals surface area (Å²) < 4.78 is 81.5. The van der Waals surface area contributed by atoms with Crippen LogP contribution in [-0.4, -0.2) is 51.7 Å². The van der Waals surface area contributed by atoms with Gasteiger partial charge in [-0.1, -0.05) is 24.3 Å². The molecule has 1 aliphatic heterocycles. The minimum atomic E-state index is -5.50. The molecule has 1 fully saturated rings. The Morgan fingerprint density at radius 2 is 1.66 bits per heavy atom. The van der Waals surface area contributed by atoms with E-state index in [-0.39, 0.29) is 18.3 Å². The van der Waals surface area contributed by atoms with Gasteiger partial charge in [0.2, 0.25) is 0 Å². The number of nitrogens with zero attached hydrogens (tertiary/aromatic N) is 1. The number of alkyl halides is 3. The van der Waals surface area contributed by atoms with E-state index in [1.165, 1.54) is 30.3 Å². The zero-order valence-electron chi connectivity index (χ0n) is 15.3. The number of ether oxygens (including phenoxy) is 1. The van der Waals surface area contributed by atoms with Crippen molar-refractivity contribution in [3.05, 3.63) is 59.9 Å². The van der Waals surface area contributed by atoms with Gasteiger partial charge >= 0.3 is 5.51 Å². The van der Waals surface area contributed by atoms with Crippen molar-refractivity contribution in [3.8, 4) is 0 Å². The SMILES string of the molecule is O=S(=O)(c1ccccc1NCC(c1ccc(F)cc1)N1CCOCC1)C(F)(F)F. The van der Waals surface area contributed by atoms with Crippen LogP contribution in [0, 0.1) is 5.82 Å². The summed E-state index contributed by atoms with van der Waals surface area (Å²) in [5.41, 5.74) is -4.77. The lowest BCUT2D eigenvalue weighted by atomic mass is 10.0. The molecule has 1 atom stereocenters. The van der Waals surface area contributed by atoms with Crippen LogP contribution in [0.1, 0.15) is 11.6 Å². The molecular weight excluding hydrogens is 412 g/mol. The Bertz CT molecular complexity index is 927. The summed E-state index contributed by atoms with van der Waals surface area (Å²) in [4.78, 5) is 1.23. The molecule has 2 aromatic carbocycles. The molecule has 158 valence electrons. The lowest BCUT2D eigenvalue weighted by molar-refractivity contribution is -0.0435. The minimum absolute atomic E-state index is 0.134. The van der Waals surface area contributed by atoms with E-state index >= 15 is 0 Å². The molecule has 5 nitrogen and oxygen atoms in total. The number of rotatable bonds is 6. The van der Waals surface area contributed by atoms with E-state index in [0.29, 0.717) is 26.3 Å². The zero-order chi connectivity index (χ0) is 21.1. The Labute approximate surface area is 166 Å². The van der Waals surface area contributed by atoms with E-state index in [1.807, 2.05) is 0 Å². The van der Waals surface area contributed by atoms with Crippen molar-refractivity contribution in [2.24, 2.45) is 0 Å². The first-order valence-electron chi connectivity index (χ1n) is 8.91. The Hall–Kier alpha value is -2.17.